The Kier molecular flexibility index (Phi) is 9.48. The van der Waals surface area contributed by atoms with E-state index in [2.05, 4.69) is 0 Å². The fraction of sp³-hybridized carbons (Fsp3) is 1.00. The second kappa shape index (κ2) is 11.1. The molecule has 0 aromatic carbocycles. The third-order valence-corrected chi connectivity index (χ3v) is 5.71. The first-order valence-electron chi connectivity index (χ1n) is 9.71. The lowest BCUT2D eigenvalue weighted by atomic mass is 9.86. The number of rotatable bonds is 9. The van der Waals surface area contributed by atoms with Crippen molar-refractivity contribution in [1.29, 1.82) is 0 Å². The van der Waals surface area contributed by atoms with Gasteiger partial charge in [0, 0.05) is 18.9 Å². The molecule has 166 valence electrons. The van der Waals surface area contributed by atoms with Crippen LogP contribution in [-0.2, 0) is 18.9 Å². The summed E-state index contributed by atoms with van der Waals surface area (Å²) in [6.45, 7) is 1.10. The van der Waals surface area contributed by atoms with E-state index < -0.39 is 60.7 Å². The lowest BCUT2D eigenvalue weighted by Gasteiger charge is -2.43. The lowest BCUT2D eigenvalue weighted by molar-refractivity contribution is -0.239. The second-order valence-corrected chi connectivity index (χ2v) is 7.48. The number of aliphatic hydroxyl groups is 6. The summed E-state index contributed by atoms with van der Waals surface area (Å²) >= 11 is 0. The topological polar surface area (TPSA) is 158 Å². The highest BCUT2D eigenvalue weighted by Gasteiger charge is 2.46. The molecule has 2 rings (SSSR count). The van der Waals surface area contributed by atoms with Crippen LogP contribution in [-0.4, -0.2) is 120 Å². The van der Waals surface area contributed by atoms with Gasteiger partial charge in [-0.25, -0.2) is 0 Å². The van der Waals surface area contributed by atoms with E-state index >= 15 is 0 Å². The first-order valence-corrected chi connectivity index (χ1v) is 9.71. The van der Waals surface area contributed by atoms with E-state index in [1.165, 1.54) is 7.11 Å². The van der Waals surface area contributed by atoms with Gasteiger partial charge in [-0.3, -0.25) is 0 Å². The van der Waals surface area contributed by atoms with Crippen molar-refractivity contribution < 1.29 is 49.6 Å². The van der Waals surface area contributed by atoms with Gasteiger partial charge in [0.05, 0.1) is 63.6 Å². The standard InChI is InChI=1S/C18H34O10/c1-3-11-17(23)16(22)10(13(5-20)27-11)7-26-8-14-18(24)15(21)9(6-25-2)12(4-19)28-14/h9-24H,3-8H2,1-2H3. The van der Waals surface area contributed by atoms with Gasteiger partial charge >= 0.3 is 0 Å². The molecular weight excluding hydrogens is 376 g/mol. The first-order chi connectivity index (χ1) is 13.4. The van der Waals surface area contributed by atoms with E-state index in [4.69, 9.17) is 18.9 Å². The lowest BCUT2D eigenvalue weighted by Crippen LogP contribution is -2.58. The van der Waals surface area contributed by atoms with Crippen molar-refractivity contribution in [2.75, 3.05) is 40.1 Å². The summed E-state index contributed by atoms with van der Waals surface area (Å²) in [5, 5.41) is 60.1. The van der Waals surface area contributed by atoms with Gasteiger partial charge in [0.25, 0.3) is 0 Å². The van der Waals surface area contributed by atoms with Crippen molar-refractivity contribution in [3.8, 4) is 0 Å². The molecule has 0 spiro atoms. The van der Waals surface area contributed by atoms with E-state index in [-0.39, 0.29) is 33.0 Å². The summed E-state index contributed by atoms with van der Waals surface area (Å²) in [6, 6.07) is 0. The Hall–Kier alpha value is -0.400. The van der Waals surface area contributed by atoms with Crippen LogP contribution in [0.2, 0.25) is 0 Å². The molecule has 10 nitrogen and oxygen atoms in total. The molecule has 28 heavy (non-hydrogen) atoms. The largest absolute Gasteiger partial charge is 0.394 e. The summed E-state index contributed by atoms with van der Waals surface area (Å²) in [5.74, 6) is -1.24. The molecule has 0 amide bonds. The zero-order chi connectivity index (χ0) is 20.8. The Bertz CT molecular complexity index is 448. The summed E-state index contributed by atoms with van der Waals surface area (Å²) in [7, 11) is 1.45. The zero-order valence-corrected chi connectivity index (χ0v) is 16.3. The van der Waals surface area contributed by atoms with Gasteiger partial charge in [-0.2, -0.15) is 0 Å². The smallest absolute Gasteiger partial charge is 0.110 e. The first kappa shape index (κ1) is 23.9. The monoisotopic (exact) mass is 410 g/mol. The fourth-order valence-corrected chi connectivity index (χ4v) is 3.96. The Labute approximate surface area is 164 Å². The average Bonchev–Trinajstić information content (AvgIpc) is 2.70. The van der Waals surface area contributed by atoms with Gasteiger partial charge in [-0.1, -0.05) is 6.92 Å². The molecule has 10 atom stereocenters. The molecule has 0 radical (unpaired) electrons. The molecule has 10 heteroatoms. The summed E-state index contributed by atoms with van der Waals surface area (Å²) < 4.78 is 21.9. The van der Waals surface area contributed by atoms with Gasteiger partial charge in [0.15, 0.2) is 0 Å². The molecule has 0 bridgehead atoms. The van der Waals surface area contributed by atoms with Crippen molar-refractivity contribution >= 4 is 0 Å². The van der Waals surface area contributed by atoms with Crippen LogP contribution in [0.25, 0.3) is 0 Å². The minimum absolute atomic E-state index is 0.0478. The number of hydrogen-bond donors (Lipinski definition) is 6. The van der Waals surface area contributed by atoms with Crippen molar-refractivity contribution in [3.05, 3.63) is 0 Å². The van der Waals surface area contributed by atoms with Gasteiger partial charge in [-0.05, 0) is 6.42 Å². The average molecular weight is 410 g/mol. The molecule has 2 heterocycles. The Morgan fingerprint density at radius 1 is 0.679 bits per heavy atom. The molecule has 2 aliphatic rings. The van der Waals surface area contributed by atoms with Gasteiger partial charge < -0.3 is 49.6 Å². The number of ether oxygens (including phenoxy) is 4. The maximum absolute atomic E-state index is 10.4. The molecule has 0 aromatic rings. The summed E-state index contributed by atoms with van der Waals surface area (Å²) in [6.07, 6.45) is -6.97. The molecule has 0 saturated carbocycles. The molecular formula is C18H34O10. The van der Waals surface area contributed by atoms with Crippen LogP contribution in [0.3, 0.4) is 0 Å². The highest BCUT2D eigenvalue weighted by Crippen LogP contribution is 2.29. The Morgan fingerprint density at radius 2 is 1.18 bits per heavy atom. The van der Waals surface area contributed by atoms with Crippen molar-refractivity contribution in [2.24, 2.45) is 11.8 Å². The maximum atomic E-state index is 10.4. The normalized spacial score (nSPS) is 44.6. The van der Waals surface area contributed by atoms with Crippen LogP contribution < -0.4 is 0 Å². The highest BCUT2D eigenvalue weighted by molar-refractivity contribution is 4.93. The molecule has 2 fully saturated rings. The molecule has 0 aromatic heterocycles. The number of methoxy groups -OCH3 is 1. The van der Waals surface area contributed by atoms with Crippen molar-refractivity contribution in [3.63, 3.8) is 0 Å². The van der Waals surface area contributed by atoms with Crippen LogP contribution in [0, 0.1) is 11.8 Å². The minimum atomic E-state index is -1.24. The number of aliphatic hydroxyl groups excluding tert-OH is 6. The molecule has 10 unspecified atom stereocenters. The molecule has 6 N–H and O–H groups in total. The quantitative estimate of drug-likeness (QED) is 0.235. The molecule has 0 aliphatic carbocycles. The van der Waals surface area contributed by atoms with Crippen molar-refractivity contribution in [1.82, 2.24) is 0 Å². The van der Waals surface area contributed by atoms with Crippen molar-refractivity contribution in [2.45, 2.75) is 62.2 Å². The SMILES string of the molecule is CCC1OC(CO)C(COCC2OC(CO)C(COC)C(O)C2O)C(O)C1O. The van der Waals surface area contributed by atoms with Gasteiger partial charge in [0.1, 0.15) is 18.3 Å². The van der Waals surface area contributed by atoms with Gasteiger partial charge in [0.2, 0.25) is 0 Å². The summed E-state index contributed by atoms with van der Waals surface area (Å²) in [4.78, 5) is 0. The summed E-state index contributed by atoms with van der Waals surface area (Å²) in [5.41, 5.74) is 0. The van der Waals surface area contributed by atoms with Crippen LogP contribution >= 0.6 is 0 Å². The predicted octanol–water partition coefficient (Wildman–Crippen LogP) is -2.75. The maximum Gasteiger partial charge on any atom is 0.110 e. The minimum Gasteiger partial charge on any atom is -0.394 e. The second-order valence-electron chi connectivity index (χ2n) is 7.48. The van der Waals surface area contributed by atoms with E-state index in [0.717, 1.165) is 0 Å². The van der Waals surface area contributed by atoms with E-state index in [9.17, 15) is 30.6 Å². The number of hydrogen-bond acceptors (Lipinski definition) is 10. The highest BCUT2D eigenvalue weighted by atomic mass is 16.6. The van der Waals surface area contributed by atoms with Gasteiger partial charge in [-0.15, -0.1) is 0 Å². The molecule has 2 saturated heterocycles. The van der Waals surface area contributed by atoms with E-state index in [0.29, 0.717) is 6.42 Å². The Balaban J connectivity index is 1.92. The van der Waals surface area contributed by atoms with E-state index in [1.807, 2.05) is 6.92 Å². The fourth-order valence-electron chi connectivity index (χ4n) is 3.96. The van der Waals surface area contributed by atoms with Crippen LogP contribution in [0.1, 0.15) is 13.3 Å². The predicted molar refractivity (Wildman–Crippen MR) is 95.5 cm³/mol. The van der Waals surface area contributed by atoms with Crippen LogP contribution in [0.5, 0.6) is 0 Å². The Morgan fingerprint density at radius 3 is 1.68 bits per heavy atom. The van der Waals surface area contributed by atoms with Crippen LogP contribution in [0.15, 0.2) is 0 Å². The molecule has 2 aliphatic heterocycles. The third-order valence-electron chi connectivity index (χ3n) is 5.71. The van der Waals surface area contributed by atoms with Crippen LogP contribution in [0.4, 0.5) is 0 Å². The zero-order valence-electron chi connectivity index (χ0n) is 16.3. The van der Waals surface area contributed by atoms with E-state index in [1.54, 1.807) is 0 Å². The third kappa shape index (κ3) is 5.20.